The van der Waals surface area contributed by atoms with Crippen molar-refractivity contribution < 1.29 is 9.53 Å². The smallest absolute Gasteiger partial charge is 0.265 e. The van der Waals surface area contributed by atoms with Gasteiger partial charge in [-0.05, 0) is 18.9 Å². The summed E-state index contributed by atoms with van der Waals surface area (Å²) in [5, 5.41) is 4.35. The van der Waals surface area contributed by atoms with Crippen molar-refractivity contribution in [2.75, 3.05) is 38.3 Å². The third-order valence-electron chi connectivity index (χ3n) is 3.65. The zero-order valence-electron chi connectivity index (χ0n) is 12.3. The predicted octanol–water partition coefficient (Wildman–Crippen LogP) is 2.26. The fourth-order valence-corrected chi connectivity index (χ4v) is 3.48. The third-order valence-corrected chi connectivity index (χ3v) is 4.74. The van der Waals surface area contributed by atoms with Gasteiger partial charge in [0.05, 0.1) is 16.8 Å². The molecular formula is C14H23N3O2S. The largest absolute Gasteiger partial charge is 0.397 e. The van der Waals surface area contributed by atoms with Gasteiger partial charge in [-0.3, -0.25) is 4.79 Å². The Kier molecular flexibility index (Phi) is 4.88. The SMILES string of the molecule is CCC1OCCC1CNc1cc(N)c(C(=O)N(C)C)s1. The summed E-state index contributed by atoms with van der Waals surface area (Å²) in [6.07, 6.45) is 2.49. The lowest BCUT2D eigenvalue weighted by Gasteiger charge is -2.17. The fourth-order valence-electron chi connectivity index (χ4n) is 2.47. The van der Waals surface area contributed by atoms with Crippen molar-refractivity contribution in [1.82, 2.24) is 4.90 Å². The highest BCUT2D eigenvalue weighted by molar-refractivity contribution is 7.18. The van der Waals surface area contributed by atoms with E-state index in [1.165, 1.54) is 11.3 Å². The van der Waals surface area contributed by atoms with Crippen molar-refractivity contribution in [3.05, 3.63) is 10.9 Å². The average molecular weight is 297 g/mol. The number of anilines is 2. The molecule has 0 saturated carbocycles. The molecule has 1 aliphatic heterocycles. The van der Waals surface area contributed by atoms with Crippen LogP contribution in [0.1, 0.15) is 29.4 Å². The van der Waals surface area contributed by atoms with Gasteiger partial charge in [-0.1, -0.05) is 6.92 Å². The van der Waals surface area contributed by atoms with Gasteiger partial charge in [-0.25, -0.2) is 0 Å². The van der Waals surface area contributed by atoms with Gasteiger partial charge < -0.3 is 20.7 Å². The van der Waals surface area contributed by atoms with Crippen molar-refractivity contribution >= 4 is 27.9 Å². The molecule has 0 bridgehead atoms. The molecule has 1 saturated heterocycles. The fraction of sp³-hybridized carbons (Fsp3) is 0.643. The summed E-state index contributed by atoms with van der Waals surface area (Å²) in [7, 11) is 3.46. The van der Waals surface area contributed by atoms with Crippen LogP contribution >= 0.6 is 11.3 Å². The first kappa shape index (κ1) is 15.1. The van der Waals surface area contributed by atoms with Gasteiger partial charge in [-0.2, -0.15) is 0 Å². The molecule has 20 heavy (non-hydrogen) atoms. The van der Waals surface area contributed by atoms with E-state index in [0.717, 1.165) is 31.0 Å². The van der Waals surface area contributed by atoms with Crippen molar-refractivity contribution in [2.24, 2.45) is 5.92 Å². The maximum Gasteiger partial charge on any atom is 0.265 e. The first-order valence-electron chi connectivity index (χ1n) is 6.99. The highest BCUT2D eigenvalue weighted by Crippen LogP contribution is 2.31. The Balaban J connectivity index is 1.97. The maximum atomic E-state index is 11.9. The van der Waals surface area contributed by atoms with Crippen LogP contribution in [0.25, 0.3) is 0 Å². The summed E-state index contributed by atoms with van der Waals surface area (Å²) in [4.78, 5) is 14.1. The molecule has 112 valence electrons. The van der Waals surface area contributed by atoms with Crippen molar-refractivity contribution in [2.45, 2.75) is 25.9 Å². The van der Waals surface area contributed by atoms with Crippen molar-refractivity contribution in [1.29, 1.82) is 0 Å². The zero-order chi connectivity index (χ0) is 14.7. The molecule has 1 fully saturated rings. The van der Waals surface area contributed by atoms with Crippen LogP contribution in [0, 0.1) is 5.92 Å². The first-order chi connectivity index (χ1) is 9.52. The molecule has 1 aromatic rings. The molecular weight excluding hydrogens is 274 g/mol. The number of nitrogens with one attached hydrogen (secondary N) is 1. The summed E-state index contributed by atoms with van der Waals surface area (Å²) in [6.45, 7) is 3.87. The van der Waals surface area contributed by atoms with Crippen molar-refractivity contribution in [3.63, 3.8) is 0 Å². The number of nitrogens with two attached hydrogens (primary N) is 1. The van der Waals surface area contributed by atoms with E-state index in [0.29, 0.717) is 22.6 Å². The van der Waals surface area contributed by atoms with Crippen molar-refractivity contribution in [3.8, 4) is 0 Å². The Labute approximate surface area is 124 Å². The number of ether oxygens (including phenoxy) is 1. The first-order valence-corrected chi connectivity index (χ1v) is 7.81. The Morgan fingerprint density at radius 1 is 1.60 bits per heavy atom. The second kappa shape index (κ2) is 6.45. The minimum absolute atomic E-state index is 0.0452. The van der Waals surface area contributed by atoms with E-state index in [1.807, 2.05) is 6.07 Å². The van der Waals surface area contributed by atoms with Gasteiger partial charge in [0.1, 0.15) is 4.88 Å². The van der Waals surface area contributed by atoms with Gasteiger partial charge in [-0.15, -0.1) is 11.3 Å². The molecule has 2 heterocycles. The maximum absolute atomic E-state index is 11.9. The van der Waals surface area contributed by atoms with Gasteiger partial charge in [0.25, 0.3) is 5.91 Å². The van der Waals surface area contributed by atoms with E-state index in [1.54, 1.807) is 19.0 Å². The molecule has 2 rings (SSSR count). The number of carbonyl (C=O) groups is 1. The molecule has 2 unspecified atom stereocenters. The molecule has 1 amide bonds. The van der Waals surface area contributed by atoms with E-state index in [4.69, 9.17) is 10.5 Å². The second-order valence-electron chi connectivity index (χ2n) is 5.34. The molecule has 0 spiro atoms. The monoisotopic (exact) mass is 297 g/mol. The molecule has 1 aliphatic rings. The number of nitrogen functional groups attached to an aromatic ring is 1. The topological polar surface area (TPSA) is 67.6 Å². The quantitative estimate of drug-likeness (QED) is 0.875. The van der Waals surface area contributed by atoms with E-state index >= 15 is 0 Å². The number of amides is 1. The van der Waals surface area contributed by atoms with Crippen LogP contribution in [-0.4, -0.2) is 44.2 Å². The summed E-state index contributed by atoms with van der Waals surface area (Å²) in [5.41, 5.74) is 6.46. The summed E-state index contributed by atoms with van der Waals surface area (Å²) in [6, 6.07) is 1.85. The second-order valence-corrected chi connectivity index (χ2v) is 6.39. The molecule has 3 N–H and O–H groups in total. The van der Waals surface area contributed by atoms with Gasteiger partial charge in [0.2, 0.25) is 0 Å². The van der Waals surface area contributed by atoms with Crippen LogP contribution in [0.2, 0.25) is 0 Å². The van der Waals surface area contributed by atoms with Gasteiger partial charge in [0, 0.05) is 33.2 Å². The summed E-state index contributed by atoms with van der Waals surface area (Å²) in [5.74, 6) is 0.493. The molecule has 0 radical (unpaired) electrons. The number of thiophene rings is 1. The Morgan fingerprint density at radius 3 is 3.00 bits per heavy atom. The van der Waals surface area contributed by atoms with Gasteiger partial charge >= 0.3 is 0 Å². The van der Waals surface area contributed by atoms with Crippen LogP contribution in [0.5, 0.6) is 0 Å². The Bertz CT molecular complexity index is 473. The Morgan fingerprint density at radius 2 is 2.35 bits per heavy atom. The number of rotatable bonds is 5. The van der Waals surface area contributed by atoms with Crippen LogP contribution in [0.4, 0.5) is 10.7 Å². The van der Waals surface area contributed by atoms with Crippen LogP contribution in [0.15, 0.2) is 6.07 Å². The molecule has 0 aliphatic carbocycles. The molecule has 1 aromatic heterocycles. The lowest BCUT2D eigenvalue weighted by Crippen LogP contribution is -2.22. The minimum atomic E-state index is -0.0452. The number of carbonyl (C=O) groups excluding carboxylic acids is 1. The van der Waals surface area contributed by atoms with E-state index in [-0.39, 0.29) is 5.91 Å². The molecule has 5 nitrogen and oxygen atoms in total. The van der Waals surface area contributed by atoms with Crippen LogP contribution in [-0.2, 0) is 4.74 Å². The third kappa shape index (κ3) is 3.24. The minimum Gasteiger partial charge on any atom is -0.397 e. The summed E-state index contributed by atoms with van der Waals surface area (Å²) >= 11 is 1.42. The lowest BCUT2D eigenvalue weighted by molar-refractivity contribution is 0.0833. The van der Waals surface area contributed by atoms with Gasteiger partial charge in [0.15, 0.2) is 0 Å². The normalized spacial score (nSPS) is 21.9. The van der Waals surface area contributed by atoms with Crippen LogP contribution < -0.4 is 11.1 Å². The average Bonchev–Trinajstić information content (AvgIpc) is 3.01. The van der Waals surface area contributed by atoms with E-state index < -0.39 is 0 Å². The highest BCUT2D eigenvalue weighted by Gasteiger charge is 2.26. The van der Waals surface area contributed by atoms with E-state index in [9.17, 15) is 4.79 Å². The number of hydrogen-bond acceptors (Lipinski definition) is 5. The highest BCUT2D eigenvalue weighted by atomic mass is 32.1. The Hall–Kier alpha value is -1.27. The summed E-state index contributed by atoms with van der Waals surface area (Å²) < 4.78 is 5.68. The van der Waals surface area contributed by atoms with E-state index in [2.05, 4.69) is 12.2 Å². The molecule has 0 aromatic carbocycles. The number of hydrogen-bond donors (Lipinski definition) is 2. The standard InChI is InChI=1S/C14H23N3O2S/c1-4-11-9(5-6-19-11)8-16-12-7-10(15)13(20-12)14(18)17(2)3/h7,9,11,16H,4-6,8,15H2,1-3H3. The predicted molar refractivity (Wildman–Crippen MR) is 83.4 cm³/mol. The zero-order valence-corrected chi connectivity index (χ0v) is 13.1. The number of nitrogens with zero attached hydrogens (tertiary/aromatic N) is 1. The van der Waals surface area contributed by atoms with Crippen LogP contribution in [0.3, 0.4) is 0 Å². The lowest BCUT2D eigenvalue weighted by atomic mass is 10.00. The molecule has 6 heteroatoms. The molecule has 2 atom stereocenters.